The van der Waals surface area contributed by atoms with E-state index in [1.54, 1.807) is 46.9 Å². The summed E-state index contributed by atoms with van der Waals surface area (Å²) in [5.41, 5.74) is 3.58. The zero-order valence-corrected chi connectivity index (χ0v) is 22.4. The molecule has 0 bridgehead atoms. The zero-order chi connectivity index (χ0) is 26.8. The highest BCUT2D eigenvalue weighted by Gasteiger charge is 2.45. The number of halogens is 1. The van der Waals surface area contributed by atoms with Crippen LogP contribution in [0.1, 0.15) is 47.5 Å². The molecule has 3 aromatic rings. The first-order valence-electron chi connectivity index (χ1n) is 12.1. The second-order valence-corrected chi connectivity index (χ2v) is 10.6. The van der Waals surface area contributed by atoms with Gasteiger partial charge in [0.25, 0.3) is 0 Å². The number of piperazine rings is 1. The van der Waals surface area contributed by atoms with Gasteiger partial charge in [-0.2, -0.15) is 5.26 Å². The first kappa shape index (κ1) is 25.7. The molecule has 2 aliphatic heterocycles. The Labute approximate surface area is 229 Å². The molecule has 0 saturated carbocycles. The van der Waals surface area contributed by atoms with Crippen molar-refractivity contribution in [1.82, 2.24) is 20.1 Å². The number of carbonyl (C=O) groups is 2. The fourth-order valence-corrected chi connectivity index (χ4v) is 5.42. The van der Waals surface area contributed by atoms with Crippen molar-refractivity contribution in [2.45, 2.75) is 32.0 Å². The highest BCUT2D eigenvalue weighted by atomic mass is 35.5. The molecule has 38 heavy (non-hydrogen) atoms. The molecule has 3 heterocycles. The van der Waals surface area contributed by atoms with Gasteiger partial charge in [-0.15, -0.1) is 11.3 Å². The molecule has 0 aliphatic carbocycles. The molecule has 0 spiro atoms. The lowest BCUT2D eigenvalue weighted by Crippen LogP contribution is -2.55. The number of carbonyl (C=O) groups excluding carboxylic acids is 2. The van der Waals surface area contributed by atoms with Gasteiger partial charge in [-0.3, -0.25) is 19.7 Å². The van der Waals surface area contributed by atoms with Crippen LogP contribution in [0.3, 0.4) is 0 Å². The highest BCUT2D eigenvalue weighted by molar-refractivity contribution is 7.09. The predicted molar refractivity (Wildman–Crippen MR) is 144 cm³/mol. The monoisotopic (exact) mass is 548 g/mol. The quantitative estimate of drug-likeness (QED) is 0.503. The Balaban J connectivity index is 1.69. The first-order chi connectivity index (χ1) is 18.4. The second kappa shape index (κ2) is 10.8. The van der Waals surface area contributed by atoms with Crippen molar-refractivity contribution in [2.75, 3.05) is 19.6 Å². The number of nitrogens with zero attached hydrogens (tertiary/aromatic N) is 5. The van der Waals surface area contributed by atoms with Crippen LogP contribution < -0.4 is 10.1 Å². The molecule has 1 aromatic heterocycles. The van der Waals surface area contributed by atoms with Crippen molar-refractivity contribution in [1.29, 1.82) is 5.26 Å². The molecular weight excluding hydrogens is 524 g/mol. The van der Waals surface area contributed by atoms with E-state index in [0.29, 0.717) is 40.8 Å². The molecule has 3 amide bonds. The summed E-state index contributed by atoms with van der Waals surface area (Å²) in [5.74, 6) is 0.637. The number of rotatable bonds is 5. The maximum atomic E-state index is 14.2. The van der Waals surface area contributed by atoms with E-state index >= 15 is 0 Å². The molecule has 0 radical (unpaired) electrons. The van der Waals surface area contributed by atoms with Crippen LogP contribution in [0.5, 0.6) is 5.75 Å². The molecule has 9 nitrogen and oxygen atoms in total. The Bertz CT molecular complexity index is 1420. The molecule has 5 rings (SSSR count). The standard InChI is InChI=1S/C27H25ClN6O3S/c1-16(2)37-21-11-17(12-29)3-8-20(21)26-32-24(22-13-30-15-38-22)25(18-4-6-19(28)7-5-18)34(26)27(36)33-10-9-31-23(35)14-33/h3-8,11,13,15-16,24-25H,9-10,14H2,1-2H3,(H,31,35). The van der Waals surface area contributed by atoms with Crippen molar-refractivity contribution in [3.63, 3.8) is 0 Å². The van der Waals surface area contributed by atoms with Crippen LogP contribution in [0, 0.1) is 11.3 Å². The number of hydrogen-bond acceptors (Lipinski definition) is 7. The summed E-state index contributed by atoms with van der Waals surface area (Å²) in [6, 6.07) is 13.2. The Kier molecular flexibility index (Phi) is 7.31. The number of nitriles is 1. The number of ether oxygens (including phenoxy) is 1. The Morgan fingerprint density at radius 1 is 1.26 bits per heavy atom. The van der Waals surface area contributed by atoms with E-state index in [0.717, 1.165) is 10.4 Å². The van der Waals surface area contributed by atoms with Crippen molar-refractivity contribution < 1.29 is 14.3 Å². The number of hydrogen-bond donors (Lipinski definition) is 1. The molecule has 2 aliphatic rings. The smallest absolute Gasteiger partial charge is 0.326 e. The van der Waals surface area contributed by atoms with Crippen LogP contribution in [0.25, 0.3) is 0 Å². The van der Waals surface area contributed by atoms with E-state index in [1.165, 1.54) is 16.2 Å². The average molecular weight is 549 g/mol. The first-order valence-corrected chi connectivity index (χ1v) is 13.4. The summed E-state index contributed by atoms with van der Waals surface area (Å²) in [4.78, 5) is 39.8. The van der Waals surface area contributed by atoms with Crippen LogP contribution in [-0.4, -0.2) is 58.3 Å². The maximum absolute atomic E-state index is 14.2. The molecule has 1 fully saturated rings. The third-order valence-electron chi connectivity index (χ3n) is 6.25. The van der Waals surface area contributed by atoms with Gasteiger partial charge in [0.05, 0.1) is 39.7 Å². The van der Waals surface area contributed by atoms with Crippen LogP contribution >= 0.6 is 22.9 Å². The van der Waals surface area contributed by atoms with E-state index in [-0.39, 0.29) is 24.6 Å². The minimum absolute atomic E-state index is 0.0517. The Hall–Kier alpha value is -3.94. The summed E-state index contributed by atoms with van der Waals surface area (Å²) in [7, 11) is 0. The lowest BCUT2D eigenvalue weighted by molar-refractivity contribution is -0.123. The predicted octanol–water partition coefficient (Wildman–Crippen LogP) is 4.55. The molecule has 1 saturated heterocycles. The number of thiazole rings is 1. The number of benzene rings is 2. The lowest BCUT2D eigenvalue weighted by atomic mass is 9.98. The van der Waals surface area contributed by atoms with Gasteiger partial charge in [0, 0.05) is 24.3 Å². The molecule has 2 aromatic carbocycles. The summed E-state index contributed by atoms with van der Waals surface area (Å²) in [6.07, 6.45) is 1.58. The van der Waals surface area contributed by atoms with Crippen LogP contribution in [0.15, 0.2) is 59.2 Å². The fraction of sp³-hybridized carbons (Fsp3) is 0.296. The third kappa shape index (κ3) is 5.08. The van der Waals surface area contributed by atoms with Crippen molar-refractivity contribution in [3.05, 3.63) is 80.8 Å². The summed E-state index contributed by atoms with van der Waals surface area (Å²) < 4.78 is 6.10. The van der Waals surface area contributed by atoms with E-state index in [1.807, 2.05) is 26.0 Å². The van der Waals surface area contributed by atoms with Crippen LogP contribution in [-0.2, 0) is 4.79 Å². The molecule has 1 N–H and O–H groups in total. The van der Waals surface area contributed by atoms with Gasteiger partial charge in [0.2, 0.25) is 5.91 Å². The number of urea groups is 1. The number of nitrogens with one attached hydrogen (secondary N) is 1. The SMILES string of the molecule is CC(C)Oc1cc(C#N)ccc1C1=NC(c2cncs2)C(c2ccc(Cl)cc2)N1C(=O)N1CCNC(=O)C1. The number of aromatic nitrogens is 1. The lowest BCUT2D eigenvalue weighted by Gasteiger charge is -2.35. The van der Waals surface area contributed by atoms with E-state index in [9.17, 15) is 14.9 Å². The molecule has 2 atom stereocenters. The number of aliphatic imine (C=N–C) groups is 1. The van der Waals surface area contributed by atoms with Gasteiger partial charge in [0.15, 0.2) is 0 Å². The Morgan fingerprint density at radius 2 is 2.05 bits per heavy atom. The van der Waals surface area contributed by atoms with Gasteiger partial charge >= 0.3 is 6.03 Å². The normalized spacial score (nSPS) is 19.2. The molecule has 11 heteroatoms. The van der Waals surface area contributed by atoms with Crippen LogP contribution in [0.4, 0.5) is 4.79 Å². The third-order valence-corrected chi connectivity index (χ3v) is 7.35. The second-order valence-electron chi connectivity index (χ2n) is 9.21. The minimum atomic E-state index is -0.525. The summed E-state index contributed by atoms with van der Waals surface area (Å²) >= 11 is 7.66. The van der Waals surface area contributed by atoms with E-state index in [2.05, 4.69) is 16.4 Å². The van der Waals surface area contributed by atoms with Crippen molar-refractivity contribution >= 4 is 40.7 Å². The van der Waals surface area contributed by atoms with Crippen LogP contribution in [0.2, 0.25) is 5.02 Å². The maximum Gasteiger partial charge on any atom is 0.326 e. The average Bonchev–Trinajstić information content (AvgIpc) is 3.57. The minimum Gasteiger partial charge on any atom is -0.490 e. The Morgan fingerprint density at radius 3 is 2.71 bits per heavy atom. The van der Waals surface area contributed by atoms with E-state index in [4.69, 9.17) is 21.3 Å². The fourth-order valence-electron chi connectivity index (χ4n) is 4.61. The largest absolute Gasteiger partial charge is 0.490 e. The number of amides is 3. The van der Waals surface area contributed by atoms with Gasteiger partial charge in [-0.05, 0) is 49.7 Å². The highest BCUT2D eigenvalue weighted by Crippen LogP contribution is 2.46. The summed E-state index contributed by atoms with van der Waals surface area (Å²) in [5, 5.41) is 12.9. The zero-order valence-electron chi connectivity index (χ0n) is 20.8. The topological polar surface area (TPSA) is 111 Å². The van der Waals surface area contributed by atoms with Gasteiger partial charge in [-0.1, -0.05) is 23.7 Å². The van der Waals surface area contributed by atoms with E-state index < -0.39 is 12.1 Å². The molecule has 194 valence electrons. The van der Waals surface area contributed by atoms with Gasteiger partial charge in [0.1, 0.15) is 24.2 Å². The summed E-state index contributed by atoms with van der Waals surface area (Å²) in [6.45, 7) is 4.48. The molecule has 2 unspecified atom stereocenters. The molecular formula is C27H25ClN6O3S. The number of amidine groups is 1. The van der Waals surface area contributed by atoms with Crippen molar-refractivity contribution in [3.8, 4) is 11.8 Å². The van der Waals surface area contributed by atoms with Gasteiger partial charge in [-0.25, -0.2) is 4.79 Å². The van der Waals surface area contributed by atoms with Gasteiger partial charge < -0.3 is 15.0 Å². The van der Waals surface area contributed by atoms with Crippen molar-refractivity contribution in [2.24, 2.45) is 4.99 Å².